The highest BCUT2D eigenvalue weighted by Crippen LogP contribution is 2.13. The summed E-state index contributed by atoms with van der Waals surface area (Å²) >= 11 is 0. The molecule has 1 aromatic carbocycles. The van der Waals surface area contributed by atoms with Gasteiger partial charge in [-0.3, -0.25) is 4.79 Å². The Bertz CT molecular complexity index is 493. The fourth-order valence-corrected chi connectivity index (χ4v) is 1.71. The van der Waals surface area contributed by atoms with Gasteiger partial charge in [-0.2, -0.15) is 0 Å². The van der Waals surface area contributed by atoms with E-state index in [0.29, 0.717) is 18.4 Å². The van der Waals surface area contributed by atoms with Gasteiger partial charge in [0.2, 0.25) is 0 Å². The number of rotatable bonds is 5. The molecule has 0 spiro atoms. The van der Waals surface area contributed by atoms with Crippen LogP contribution in [0.5, 0.6) is 0 Å². The predicted octanol–water partition coefficient (Wildman–Crippen LogP) is 3.26. The van der Waals surface area contributed by atoms with Crippen LogP contribution in [0.2, 0.25) is 0 Å². The Balaban J connectivity index is 2.67. The van der Waals surface area contributed by atoms with Crippen molar-refractivity contribution >= 4 is 18.1 Å². The monoisotopic (exact) mass is 278 g/mol. The predicted molar refractivity (Wildman–Crippen MR) is 72.2 cm³/mol. The number of ether oxygens (including phenoxy) is 2. The van der Waals surface area contributed by atoms with E-state index in [1.165, 1.54) is 0 Å². The van der Waals surface area contributed by atoms with Crippen molar-refractivity contribution in [3.63, 3.8) is 0 Å². The number of aryl methyl sites for hydroxylation is 1. The second kappa shape index (κ2) is 8.09. The number of hydrogen-bond acceptors (Lipinski definition) is 5. The standard InChI is InChI=1S/C15H18O5/c1-3-7-11-9-5-6-10-12(11)14(17)20-15(18)19-13(16)8-4-2/h5-6,9-10H,3-4,7-8H2,1-2H3. The normalized spacial score (nSPS) is 9.90. The van der Waals surface area contributed by atoms with Gasteiger partial charge in [0.25, 0.3) is 0 Å². The summed E-state index contributed by atoms with van der Waals surface area (Å²) in [5.74, 6) is -1.50. The van der Waals surface area contributed by atoms with E-state index in [0.717, 1.165) is 12.0 Å². The molecule has 108 valence electrons. The molecule has 0 atom stereocenters. The zero-order valence-electron chi connectivity index (χ0n) is 11.7. The van der Waals surface area contributed by atoms with E-state index in [4.69, 9.17) is 0 Å². The van der Waals surface area contributed by atoms with Crippen molar-refractivity contribution in [1.82, 2.24) is 0 Å². The van der Waals surface area contributed by atoms with Gasteiger partial charge < -0.3 is 9.47 Å². The SMILES string of the molecule is CCCC(=O)OC(=O)OC(=O)c1ccccc1CCC. The van der Waals surface area contributed by atoms with Crippen LogP contribution in [0.15, 0.2) is 24.3 Å². The molecule has 20 heavy (non-hydrogen) atoms. The maximum Gasteiger partial charge on any atom is 0.524 e. The summed E-state index contributed by atoms with van der Waals surface area (Å²) in [5, 5.41) is 0. The van der Waals surface area contributed by atoms with E-state index >= 15 is 0 Å². The minimum atomic E-state index is -1.28. The minimum Gasteiger partial charge on any atom is -0.360 e. The van der Waals surface area contributed by atoms with Crippen molar-refractivity contribution in [2.24, 2.45) is 0 Å². The number of hydrogen-bond donors (Lipinski definition) is 0. The van der Waals surface area contributed by atoms with Crippen LogP contribution in [-0.4, -0.2) is 18.1 Å². The highest BCUT2D eigenvalue weighted by molar-refractivity contribution is 5.98. The Labute approximate surface area is 117 Å². The summed E-state index contributed by atoms with van der Waals surface area (Å²) in [6.07, 6.45) is 0.952. The van der Waals surface area contributed by atoms with Gasteiger partial charge in [0, 0.05) is 6.42 Å². The van der Waals surface area contributed by atoms with Crippen LogP contribution in [-0.2, 0) is 20.7 Å². The Hall–Kier alpha value is -2.17. The maximum atomic E-state index is 11.9. The third-order valence-electron chi connectivity index (χ3n) is 2.58. The summed E-state index contributed by atoms with van der Waals surface area (Å²) in [4.78, 5) is 34.3. The Kier molecular flexibility index (Phi) is 6.43. The zero-order chi connectivity index (χ0) is 15.0. The summed E-state index contributed by atoms with van der Waals surface area (Å²) in [6.45, 7) is 3.76. The lowest BCUT2D eigenvalue weighted by Crippen LogP contribution is -2.18. The first-order chi connectivity index (χ1) is 9.58. The molecular weight excluding hydrogens is 260 g/mol. The van der Waals surface area contributed by atoms with Crippen molar-refractivity contribution < 1.29 is 23.9 Å². The second-order valence-electron chi connectivity index (χ2n) is 4.27. The summed E-state index contributed by atoms with van der Waals surface area (Å²) in [5.41, 5.74) is 1.11. The van der Waals surface area contributed by atoms with Crippen molar-refractivity contribution in [2.45, 2.75) is 39.5 Å². The lowest BCUT2D eigenvalue weighted by atomic mass is 10.0. The molecular formula is C15H18O5. The van der Waals surface area contributed by atoms with Crippen LogP contribution in [0.25, 0.3) is 0 Å². The molecule has 1 aromatic rings. The summed E-state index contributed by atoms with van der Waals surface area (Å²) in [6, 6.07) is 6.87. The van der Waals surface area contributed by atoms with Gasteiger partial charge in [-0.05, 0) is 24.5 Å². The first-order valence-corrected chi connectivity index (χ1v) is 6.63. The molecule has 0 aliphatic heterocycles. The molecule has 0 unspecified atom stereocenters. The number of benzene rings is 1. The zero-order valence-corrected chi connectivity index (χ0v) is 11.7. The first kappa shape index (κ1) is 15.9. The van der Waals surface area contributed by atoms with Crippen molar-refractivity contribution in [3.05, 3.63) is 35.4 Å². The number of carbonyl (C=O) groups is 3. The highest BCUT2D eigenvalue weighted by atomic mass is 16.8. The van der Waals surface area contributed by atoms with Crippen LogP contribution in [0, 0.1) is 0 Å². The van der Waals surface area contributed by atoms with Gasteiger partial charge in [-0.25, -0.2) is 9.59 Å². The molecule has 0 aromatic heterocycles. The average Bonchev–Trinajstić information content (AvgIpc) is 2.39. The Morgan fingerprint density at radius 1 is 1.00 bits per heavy atom. The molecule has 0 saturated carbocycles. The Morgan fingerprint density at radius 2 is 1.70 bits per heavy atom. The van der Waals surface area contributed by atoms with E-state index in [1.54, 1.807) is 25.1 Å². The van der Waals surface area contributed by atoms with Gasteiger partial charge in [0.15, 0.2) is 0 Å². The van der Waals surface area contributed by atoms with E-state index < -0.39 is 18.1 Å². The topological polar surface area (TPSA) is 69.7 Å². The molecule has 0 radical (unpaired) electrons. The first-order valence-electron chi connectivity index (χ1n) is 6.63. The maximum absolute atomic E-state index is 11.9. The van der Waals surface area contributed by atoms with Crippen molar-refractivity contribution in [2.75, 3.05) is 0 Å². The molecule has 1 rings (SSSR count). The molecule has 0 aliphatic rings. The molecule has 0 N–H and O–H groups in total. The summed E-state index contributed by atoms with van der Waals surface area (Å²) in [7, 11) is 0. The van der Waals surface area contributed by atoms with Crippen LogP contribution < -0.4 is 0 Å². The minimum absolute atomic E-state index is 0.107. The van der Waals surface area contributed by atoms with E-state index in [1.807, 2.05) is 13.0 Å². The lowest BCUT2D eigenvalue weighted by Gasteiger charge is -2.07. The molecule has 0 saturated heterocycles. The largest absolute Gasteiger partial charge is 0.524 e. The molecule has 0 bridgehead atoms. The van der Waals surface area contributed by atoms with Crippen molar-refractivity contribution in [1.29, 1.82) is 0 Å². The van der Waals surface area contributed by atoms with Crippen LogP contribution >= 0.6 is 0 Å². The fraction of sp³-hybridized carbons (Fsp3) is 0.400. The molecule has 0 amide bonds. The Morgan fingerprint density at radius 3 is 2.35 bits per heavy atom. The van der Waals surface area contributed by atoms with Crippen LogP contribution in [0.1, 0.15) is 49.0 Å². The molecule has 5 nitrogen and oxygen atoms in total. The van der Waals surface area contributed by atoms with Gasteiger partial charge >= 0.3 is 18.1 Å². The number of esters is 2. The molecule has 0 fully saturated rings. The van der Waals surface area contributed by atoms with Gasteiger partial charge in [0.1, 0.15) is 0 Å². The third kappa shape index (κ3) is 4.84. The van der Waals surface area contributed by atoms with E-state index in [9.17, 15) is 14.4 Å². The molecule has 5 heteroatoms. The van der Waals surface area contributed by atoms with Crippen LogP contribution in [0.4, 0.5) is 4.79 Å². The van der Waals surface area contributed by atoms with E-state index in [2.05, 4.69) is 9.47 Å². The van der Waals surface area contributed by atoms with E-state index in [-0.39, 0.29) is 6.42 Å². The lowest BCUT2D eigenvalue weighted by molar-refractivity contribution is -0.139. The quantitative estimate of drug-likeness (QED) is 0.610. The summed E-state index contributed by atoms with van der Waals surface area (Å²) < 4.78 is 8.88. The third-order valence-corrected chi connectivity index (χ3v) is 2.58. The molecule has 0 aliphatic carbocycles. The number of carbonyl (C=O) groups excluding carboxylic acids is 3. The van der Waals surface area contributed by atoms with Gasteiger partial charge in [0.05, 0.1) is 5.56 Å². The van der Waals surface area contributed by atoms with Crippen molar-refractivity contribution in [3.8, 4) is 0 Å². The smallest absolute Gasteiger partial charge is 0.360 e. The molecule has 0 heterocycles. The van der Waals surface area contributed by atoms with Gasteiger partial charge in [-0.1, -0.05) is 38.5 Å². The fourth-order valence-electron chi connectivity index (χ4n) is 1.71. The highest BCUT2D eigenvalue weighted by Gasteiger charge is 2.19. The second-order valence-corrected chi connectivity index (χ2v) is 4.27. The van der Waals surface area contributed by atoms with Gasteiger partial charge in [-0.15, -0.1) is 0 Å². The average molecular weight is 278 g/mol. The van der Waals surface area contributed by atoms with Crippen LogP contribution in [0.3, 0.4) is 0 Å².